The van der Waals surface area contributed by atoms with Crippen LogP contribution in [-0.4, -0.2) is 67.0 Å². The van der Waals surface area contributed by atoms with Crippen LogP contribution in [0.4, 0.5) is 0 Å². The number of nitrogens with zero attached hydrogens (tertiary/aromatic N) is 3. The lowest BCUT2D eigenvalue weighted by Gasteiger charge is -2.26. The van der Waals surface area contributed by atoms with E-state index in [4.69, 9.17) is 30.1 Å². The standard InChI is InChI=1S/C27H34N4O4S/c1-20-29-26(25(36-20)12-13-31-14-18-33-19-15-31)21-4-8-23(9-5-21)34-16-2-3-17-35-24-10-6-22(7-11-24)27(28)30-32/h4-11,32H,2-3,12-19H2,1H3,(H2,28,30). The molecule has 1 fully saturated rings. The van der Waals surface area contributed by atoms with Gasteiger partial charge in [-0.15, -0.1) is 11.3 Å². The van der Waals surface area contributed by atoms with E-state index in [1.54, 1.807) is 23.5 Å². The van der Waals surface area contributed by atoms with Gasteiger partial charge in [0, 0.05) is 35.6 Å². The summed E-state index contributed by atoms with van der Waals surface area (Å²) in [6, 6.07) is 15.4. The summed E-state index contributed by atoms with van der Waals surface area (Å²) in [5, 5.41) is 12.8. The summed E-state index contributed by atoms with van der Waals surface area (Å²) in [7, 11) is 0. The molecule has 1 aliphatic rings. The Hall–Kier alpha value is -3.14. The summed E-state index contributed by atoms with van der Waals surface area (Å²) >= 11 is 1.79. The Morgan fingerprint density at radius 2 is 1.64 bits per heavy atom. The fourth-order valence-electron chi connectivity index (χ4n) is 4.02. The maximum atomic E-state index is 8.72. The first-order chi connectivity index (χ1) is 17.6. The Balaban J connectivity index is 1.19. The van der Waals surface area contributed by atoms with Gasteiger partial charge in [0.1, 0.15) is 11.5 Å². The minimum absolute atomic E-state index is 0.0812. The topological polar surface area (TPSA) is 102 Å². The van der Waals surface area contributed by atoms with Gasteiger partial charge in [-0.1, -0.05) is 5.16 Å². The molecule has 2 aromatic carbocycles. The summed E-state index contributed by atoms with van der Waals surface area (Å²) < 4.78 is 17.1. The summed E-state index contributed by atoms with van der Waals surface area (Å²) in [5.74, 6) is 1.69. The van der Waals surface area contributed by atoms with Crippen LogP contribution in [0, 0.1) is 6.92 Å². The number of rotatable bonds is 12. The Morgan fingerprint density at radius 3 is 2.25 bits per heavy atom. The molecule has 3 aromatic rings. The van der Waals surface area contributed by atoms with Crippen molar-refractivity contribution in [2.75, 3.05) is 46.1 Å². The molecule has 1 aliphatic heterocycles. The predicted octanol–water partition coefficient (Wildman–Crippen LogP) is 4.33. The van der Waals surface area contributed by atoms with E-state index in [1.165, 1.54) is 4.88 Å². The average molecular weight is 511 g/mol. The van der Waals surface area contributed by atoms with Crippen LogP contribution in [0.5, 0.6) is 11.5 Å². The van der Waals surface area contributed by atoms with Gasteiger partial charge in [-0.2, -0.15) is 0 Å². The van der Waals surface area contributed by atoms with E-state index in [-0.39, 0.29) is 5.84 Å². The summed E-state index contributed by atoms with van der Waals surface area (Å²) in [4.78, 5) is 8.61. The molecule has 2 heterocycles. The number of unbranched alkanes of at least 4 members (excludes halogenated alkanes) is 1. The minimum atomic E-state index is 0.0812. The average Bonchev–Trinajstić information content (AvgIpc) is 3.30. The first-order valence-electron chi connectivity index (χ1n) is 12.3. The maximum Gasteiger partial charge on any atom is 0.170 e. The molecule has 1 aromatic heterocycles. The summed E-state index contributed by atoms with van der Waals surface area (Å²) in [5.41, 5.74) is 8.45. The highest BCUT2D eigenvalue weighted by Gasteiger charge is 2.15. The smallest absolute Gasteiger partial charge is 0.170 e. The van der Waals surface area contributed by atoms with Crippen LogP contribution in [0.1, 0.15) is 28.3 Å². The van der Waals surface area contributed by atoms with Crippen molar-refractivity contribution in [3.05, 3.63) is 64.0 Å². The van der Waals surface area contributed by atoms with Crippen LogP contribution < -0.4 is 15.2 Å². The van der Waals surface area contributed by atoms with Crippen LogP contribution in [0.3, 0.4) is 0 Å². The zero-order valence-electron chi connectivity index (χ0n) is 20.7. The number of amidine groups is 1. The van der Waals surface area contributed by atoms with Gasteiger partial charge in [0.25, 0.3) is 0 Å². The molecular weight excluding hydrogens is 476 g/mol. The van der Waals surface area contributed by atoms with E-state index in [2.05, 4.69) is 29.1 Å². The molecular formula is C27H34N4O4S. The Bertz CT molecular complexity index is 1110. The van der Waals surface area contributed by atoms with Crippen LogP contribution in [0.15, 0.2) is 53.7 Å². The maximum absolute atomic E-state index is 8.72. The molecule has 0 aliphatic carbocycles. The zero-order valence-corrected chi connectivity index (χ0v) is 21.5. The summed E-state index contributed by atoms with van der Waals surface area (Å²) in [6.45, 7) is 8.02. The molecule has 0 atom stereocenters. The predicted molar refractivity (Wildman–Crippen MR) is 142 cm³/mol. The lowest BCUT2D eigenvalue weighted by atomic mass is 10.1. The number of ether oxygens (including phenoxy) is 3. The molecule has 0 amide bonds. The molecule has 9 heteroatoms. The summed E-state index contributed by atoms with van der Waals surface area (Å²) in [6.07, 6.45) is 2.78. The molecule has 0 radical (unpaired) electrons. The third-order valence-electron chi connectivity index (χ3n) is 6.02. The SMILES string of the molecule is Cc1nc(-c2ccc(OCCCCOc3ccc(/C(N)=N/O)cc3)cc2)c(CCN2CCOCC2)s1. The van der Waals surface area contributed by atoms with E-state index in [0.29, 0.717) is 18.8 Å². The fraction of sp³-hybridized carbons (Fsp3) is 0.407. The van der Waals surface area contributed by atoms with Crippen LogP contribution in [0.25, 0.3) is 11.3 Å². The molecule has 0 spiro atoms. The number of aromatic nitrogens is 1. The Kier molecular flexibility index (Phi) is 9.54. The first kappa shape index (κ1) is 25.9. The second-order valence-electron chi connectivity index (χ2n) is 8.65. The van der Waals surface area contributed by atoms with Crippen LogP contribution in [0.2, 0.25) is 0 Å². The Morgan fingerprint density at radius 1 is 1.03 bits per heavy atom. The lowest BCUT2D eigenvalue weighted by Crippen LogP contribution is -2.37. The third kappa shape index (κ3) is 7.43. The highest BCUT2D eigenvalue weighted by molar-refractivity contribution is 7.12. The first-order valence-corrected chi connectivity index (χ1v) is 13.1. The third-order valence-corrected chi connectivity index (χ3v) is 7.06. The molecule has 3 N–H and O–H groups in total. The van der Waals surface area contributed by atoms with Crippen molar-refractivity contribution in [1.29, 1.82) is 0 Å². The van der Waals surface area contributed by atoms with Gasteiger partial charge in [-0.25, -0.2) is 4.98 Å². The molecule has 4 rings (SSSR count). The van der Waals surface area contributed by atoms with Gasteiger partial charge in [-0.05, 0) is 74.7 Å². The van der Waals surface area contributed by atoms with Crippen molar-refractivity contribution in [3.63, 3.8) is 0 Å². The van der Waals surface area contributed by atoms with Crippen molar-refractivity contribution in [1.82, 2.24) is 9.88 Å². The minimum Gasteiger partial charge on any atom is -0.494 e. The normalized spacial score (nSPS) is 14.6. The van der Waals surface area contributed by atoms with E-state index in [1.807, 2.05) is 24.3 Å². The molecule has 1 saturated heterocycles. The lowest BCUT2D eigenvalue weighted by molar-refractivity contribution is 0.0385. The molecule has 192 valence electrons. The van der Waals surface area contributed by atoms with E-state index < -0.39 is 0 Å². The number of aryl methyl sites for hydroxylation is 1. The van der Waals surface area contributed by atoms with Gasteiger partial charge in [-0.3, -0.25) is 4.90 Å². The second kappa shape index (κ2) is 13.2. The van der Waals surface area contributed by atoms with Crippen LogP contribution in [-0.2, 0) is 11.2 Å². The van der Waals surface area contributed by atoms with Gasteiger partial charge in [0.15, 0.2) is 5.84 Å². The number of hydrogen-bond donors (Lipinski definition) is 2. The van der Waals surface area contributed by atoms with Crippen molar-refractivity contribution in [2.24, 2.45) is 10.9 Å². The number of benzene rings is 2. The molecule has 8 nitrogen and oxygen atoms in total. The monoisotopic (exact) mass is 510 g/mol. The van der Waals surface area contributed by atoms with E-state index in [0.717, 1.165) is 79.9 Å². The van der Waals surface area contributed by atoms with Gasteiger partial charge in [0.05, 0.1) is 37.1 Å². The number of nitrogens with two attached hydrogens (primary N) is 1. The van der Waals surface area contributed by atoms with E-state index in [9.17, 15) is 0 Å². The molecule has 0 bridgehead atoms. The molecule has 0 unspecified atom stereocenters. The van der Waals surface area contributed by atoms with Crippen LogP contribution >= 0.6 is 11.3 Å². The quantitative estimate of drug-likeness (QED) is 0.123. The van der Waals surface area contributed by atoms with Gasteiger partial charge in [0.2, 0.25) is 0 Å². The second-order valence-corrected chi connectivity index (χ2v) is 9.93. The number of oxime groups is 1. The number of hydrogen-bond acceptors (Lipinski definition) is 8. The Labute approximate surface area is 216 Å². The number of morpholine rings is 1. The molecule has 36 heavy (non-hydrogen) atoms. The highest BCUT2D eigenvalue weighted by Crippen LogP contribution is 2.30. The van der Waals surface area contributed by atoms with Crippen molar-refractivity contribution < 1.29 is 19.4 Å². The van der Waals surface area contributed by atoms with Crippen molar-refractivity contribution in [2.45, 2.75) is 26.2 Å². The zero-order chi connectivity index (χ0) is 25.2. The van der Waals surface area contributed by atoms with E-state index >= 15 is 0 Å². The van der Waals surface area contributed by atoms with Gasteiger partial charge < -0.3 is 25.2 Å². The molecule has 0 saturated carbocycles. The highest BCUT2D eigenvalue weighted by atomic mass is 32.1. The fourth-order valence-corrected chi connectivity index (χ4v) is 4.97. The number of thiazole rings is 1. The van der Waals surface area contributed by atoms with Crippen molar-refractivity contribution in [3.8, 4) is 22.8 Å². The van der Waals surface area contributed by atoms with Crippen molar-refractivity contribution >= 4 is 17.2 Å². The largest absolute Gasteiger partial charge is 0.494 e. The van der Waals surface area contributed by atoms with Gasteiger partial charge >= 0.3 is 0 Å².